The molecule has 0 saturated heterocycles. The van der Waals surface area contributed by atoms with Gasteiger partial charge in [0, 0.05) is 17.3 Å². The highest BCUT2D eigenvalue weighted by Crippen LogP contribution is 2.36. The van der Waals surface area contributed by atoms with E-state index in [4.69, 9.17) is 5.11 Å². The van der Waals surface area contributed by atoms with Gasteiger partial charge in [-0.1, -0.05) is 36.4 Å². The van der Waals surface area contributed by atoms with E-state index in [1.54, 1.807) is 30.5 Å². The molecule has 4 rings (SSSR count). The van der Waals surface area contributed by atoms with E-state index in [0.717, 1.165) is 5.56 Å². The molecule has 0 bridgehead atoms. The molecule has 0 spiro atoms. The number of fused-ring (bicyclic) bond motifs is 1. The van der Waals surface area contributed by atoms with E-state index in [9.17, 15) is 14.7 Å². The summed E-state index contributed by atoms with van der Waals surface area (Å²) in [5, 5.41) is 22.0. The van der Waals surface area contributed by atoms with Crippen molar-refractivity contribution in [3.63, 3.8) is 0 Å². The van der Waals surface area contributed by atoms with Crippen molar-refractivity contribution in [2.75, 3.05) is 6.54 Å². The summed E-state index contributed by atoms with van der Waals surface area (Å²) < 4.78 is 0. The molecule has 0 atom stereocenters. The number of nitrogens with one attached hydrogen (secondary N) is 1. The number of aliphatic carboxylic acids is 1. The second kappa shape index (κ2) is 7.96. The van der Waals surface area contributed by atoms with Crippen LogP contribution >= 0.6 is 0 Å². The Morgan fingerprint density at radius 2 is 1.73 bits per heavy atom. The molecule has 0 aliphatic rings. The molecular weight excluding hydrogens is 384 g/mol. The van der Waals surface area contributed by atoms with Crippen molar-refractivity contribution >= 4 is 22.9 Å². The van der Waals surface area contributed by atoms with Gasteiger partial charge in [0.15, 0.2) is 0 Å². The Morgan fingerprint density at radius 3 is 2.43 bits per heavy atom. The number of hydrogen-bond acceptors (Lipinski definition) is 6. The third kappa shape index (κ3) is 3.66. The first-order valence-electron chi connectivity index (χ1n) is 9.04. The molecule has 30 heavy (non-hydrogen) atoms. The number of pyridine rings is 1. The van der Waals surface area contributed by atoms with Gasteiger partial charge >= 0.3 is 5.97 Å². The molecule has 148 valence electrons. The SMILES string of the molecule is O=C(O)CNC(=O)c1c(O)c(-c2ccccn2)cc2nc(-c3ccccc3)cnc12. The zero-order valence-electron chi connectivity index (χ0n) is 15.6. The smallest absolute Gasteiger partial charge is 0.322 e. The van der Waals surface area contributed by atoms with Gasteiger partial charge in [-0.15, -0.1) is 0 Å². The standard InChI is InChI=1S/C22H16N4O4/c27-18(28)12-25-22(30)19-20-16(10-14(21(19)29)15-8-4-5-9-23-15)26-17(11-24-20)13-6-2-1-3-7-13/h1-11,29H,12H2,(H,25,30)(H,27,28). The lowest BCUT2D eigenvalue weighted by molar-refractivity contribution is -0.135. The van der Waals surface area contributed by atoms with Crippen LogP contribution in [0.2, 0.25) is 0 Å². The predicted octanol–water partition coefficient (Wildman–Crippen LogP) is 2.88. The number of amides is 1. The van der Waals surface area contributed by atoms with E-state index in [1.807, 2.05) is 30.3 Å². The average molecular weight is 400 g/mol. The highest BCUT2D eigenvalue weighted by atomic mass is 16.4. The summed E-state index contributed by atoms with van der Waals surface area (Å²) in [6.45, 7) is -0.594. The largest absolute Gasteiger partial charge is 0.506 e. The molecule has 2 aromatic carbocycles. The number of hydrogen-bond donors (Lipinski definition) is 3. The first kappa shape index (κ1) is 19.0. The van der Waals surface area contributed by atoms with Gasteiger partial charge in [0.1, 0.15) is 23.4 Å². The van der Waals surface area contributed by atoms with E-state index < -0.39 is 18.4 Å². The first-order valence-corrected chi connectivity index (χ1v) is 9.04. The van der Waals surface area contributed by atoms with E-state index in [-0.39, 0.29) is 16.8 Å². The quantitative estimate of drug-likeness (QED) is 0.470. The predicted molar refractivity (Wildman–Crippen MR) is 110 cm³/mol. The number of aromatic hydroxyl groups is 1. The van der Waals surface area contributed by atoms with Gasteiger partial charge in [-0.05, 0) is 18.2 Å². The van der Waals surface area contributed by atoms with E-state index >= 15 is 0 Å². The molecule has 1 amide bonds. The summed E-state index contributed by atoms with van der Waals surface area (Å²) in [4.78, 5) is 36.8. The van der Waals surface area contributed by atoms with Crippen molar-refractivity contribution in [3.05, 3.63) is 72.6 Å². The highest BCUT2D eigenvalue weighted by Gasteiger charge is 2.23. The van der Waals surface area contributed by atoms with Crippen molar-refractivity contribution in [2.24, 2.45) is 0 Å². The third-order valence-corrected chi connectivity index (χ3v) is 4.45. The number of phenolic OH excluding ortho intramolecular Hbond substituents is 1. The molecule has 8 heteroatoms. The van der Waals surface area contributed by atoms with Crippen LogP contribution in [0.25, 0.3) is 33.5 Å². The summed E-state index contributed by atoms with van der Waals surface area (Å²) in [7, 11) is 0. The number of aromatic nitrogens is 3. The topological polar surface area (TPSA) is 125 Å². The van der Waals surface area contributed by atoms with Crippen LogP contribution in [-0.2, 0) is 4.79 Å². The van der Waals surface area contributed by atoms with Crippen LogP contribution in [0.5, 0.6) is 5.75 Å². The lowest BCUT2D eigenvalue weighted by Crippen LogP contribution is -2.29. The van der Waals surface area contributed by atoms with Gasteiger partial charge in [-0.2, -0.15) is 0 Å². The minimum absolute atomic E-state index is 0.151. The van der Waals surface area contributed by atoms with Crippen LogP contribution in [0, 0.1) is 0 Å². The summed E-state index contributed by atoms with van der Waals surface area (Å²) in [5.41, 5.74) is 2.56. The van der Waals surface area contributed by atoms with Gasteiger partial charge in [-0.3, -0.25) is 19.6 Å². The van der Waals surface area contributed by atoms with Crippen LogP contribution in [0.15, 0.2) is 67.0 Å². The molecule has 0 radical (unpaired) electrons. The summed E-state index contributed by atoms with van der Waals surface area (Å²) in [6.07, 6.45) is 3.07. The molecule has 0 aliphatic heterocycles. The zero-order chi connectivity index (χ0) is 21.1. The maximum Gasteiger partial charge on any atom is 0.322 e. The Kier molecular flexibility index (Phi) is 5.04. The fourth-order valence-electron chi connectivity index (χ4n) is 3.07. The van der Waals surface area contributed by atoms with Gasteiger partial charge in [-0.25, -0.2) is 4.98 Å². The van der Waals surface area contributed by atoms with E-state index in [0.29, 0.717) is 22.5 Å². The van der Waals surface area contributed by atoms with E-state index in [1.165, 1.54) is 6.20 Å². The molecule has 2 heterocycles. The lowest BCUT2D eigenvalue weighted by Gasteiger charge is -2.13. The van der Waals surface area contributed by atoms with Crippen molar-refractivity contribution in [1.29, 1.82) is 0 Å². The average Bonchev–Trinajstić information content (AvgIpc) is 2.78. The van der Waals surface area contributed by atoms with Crippen LogP contribution in [-0.4, -0.2) is 43.6 Å². The molecule has 0 unspecified atom stereocenters. The maximum atomic E-state index is 12.7. The van der Waals surface area contributed by atoms with Crippen molar-refractivity contribution in [1.82, 2.24) is 20.3 Å². The minimum atomic E-state index is -1.20. The molecule has 8 nitrogen and oxygen atoms in total. The van der Waals surface area contributed by atoms with Crippen LogP contribution in [0.4, 0.5) is 0 Å². The van der Waals surface area contributed by atoms with Crippen molar-refractivity contribution in [2.45, 2.75) is 0 Å². The Bertz CT molecular complexity index is 1240. The molecule has 2 aromatic heterocycles. The monoisotopic (exact) mass is 400 g/mol. The number of carboxylic acids is 1. The molecule has 0 fully saturated rings. The third-order valence-electron chi connectivity index (χ3n) is 4.45. The number of nitrogens with zero attached hydrogens (tertiary/aromatic N) is 3. The molecule has 3 N–H and O–H groups in total. The van der Waals surface area contributed by atoms with Gasteiger partial charge in [0.25, 0.3) is 5.91 Å². The summed E-state index contributed by atoms with van der Waals surface area (Å²) in [6, 6.07) is 16.2. The van der Waals surface area contributed by atoms with Crippen molar-refractivity contribution in [3.8, 4) is 28.3 Å². The summed E-state index contributed by atoms with van der Waals surface area (Å²) in [5.74, 6) is -2.31. The fourth-order valence-corrected chi connectivity index (χ4v) is 3.07. The Balaban J connectivity index is 1.94. The maximum absolute atomic E-state index is 12.7. The molecule has 0 saturated carbocycles. The Hall–Kier alpha value is -4.33. The number of benzene rings is 2. The van der Waals surface area contributed by atoms with Gasteiger partial charge in [0.05, 0.1) is 23.1 Å². The van der Waals surface area contributed by atoms with Crippen LogP contribution in [0.3, 0.4) is 0 Å². The Morgan fingerprint density at radius 1 is 0.967 bits per heavy atom. The van der Waals surface area contributed by atoms with Crippen LogP contribution < -0.4 is 5.32 Å². The molecule has 4 aromatic rings. The second-order valence-corrected chi connectivity index (χ2v) is 6.43. The second-order valence-electron chi connectivity index (χ2n) is 6.43. The number of carbonyl (C=O) groups excluding carboxylic acids is 1. The van der Waals surface area contributed by atoms with Crippen molar-refractivity contribution < 1.29 is 19.8 Å². The normalized spacial score (nSPS) is 10.7. The lowest BCUT2D eigenvalue weighted by atomic mass is 10.0. The number of carboxylic acid groups (broad SMARTS) is 1. The number of rotatable bonds is 5. The highest BCUT2D eigenvalue weighted by molar-refractivity contribution is 6.10. The number of carbonyl (C=O) groups is 2. The van der Waals surface area contributed by atoms with Crippen LogP contribution in [0.1, 0.15) is 10.4 Å². The number of phenols is 1. The Labute approximate surface area is 170 Å². The molecular formula is C22H16N4O4. The van der Waals surface area contributed by atoms with E-state index in [2.05, 4.69) is 20.3 Å². The minimum Gasteiger partial charge on any atom is -0.506 e. The molecule has 0 aliphatic carbocycles. The first-order chi connectivity index (χ1) is 14.5. The van der Waals surface area contributed by atoms with Gasteiger partial charge in [0.2, 0.25) is 0 Å². The van der Waals surface area contributed by atoms with Gasteiger partial charge < -0.3 is 15.5 Å². The summed E-state index contributed by atoms with van der Waals surface area (Å²) >= 11 is 0. The fraction of sp³-hybridized carbons (Fsp3) is 0.0455. The zero-order valence-corrected chi connectivity index (χ0v) is 15.6.